The van der Waals surface area contributed by atoms with Gasteiger partial charge in [-0.15, -0.1) is 0 Å². The molecule has 1 aliphatic heterocycles. The van der Waals surface area contributed by atoms with E-state index in [-0.39, 0.29) is 5.91 Å². The van der Waals surface area contributed by atoms with Crippen LogP contribution in [0, 0.1) is 0 Å². The summed E-state index contributed by atoms with van der Waals surface area (Å²) in [6, 6.07) is 6.70. The minimum Gasteiger partial charge on any atom is -0.481 e. The van der Waals surface area contributed by atoms with E-state index in [1.54, 1.807) is 36.1 Å². The van der Waals surface area contributed by atoms with Crippen LogP contribution in [0.25, 0.3) is 0 Å². The third-order valence-electron chi connectivity index (χ3n) is 3.00. The zero-order valence-corrected chi connectivity index (χ0v) is 10.9. The second-order valence-electron chi connectivity index (χ2n) is 4.38. The summed E-state index contributed by atoms with van der Waals surface area (Å²) < 4.78 is 10.8. The van der Waals surface area contributed by atoms with Gasteiger partial charge < -0.3 is 14.4 Å². The number of aldehydes is 1. The quantitative estimate of drug-likeness (QED) is 0.764. The zero-order valence-electron chi connectivity index (χ0n) is 10.9. The third kappa shape index (κ3) is 3.54. The van der Waals surface area contributed by atoms with Crippen molar-refractivity contribution in [3.05, 3.63) is 29.8 Å². The highest BCUT2D eigenvalue weighted by Gasteiger charge is 2.23. The first-order valence-corrected chi connectivity index (χ1v) is 6.29. The average Bonchev–Trinajstić information content (AvgIpc) is 2.48. The Hall–Kier alpha value is -1.88. The molecule has 1 unspecified atom stereocenters. The molecule has 0 bridgehead atoms. The van der Waals surface area contributed by atoms with E-state index in [1.807, 2.05) is 0 Å². The lowest BCUT2D eigenvalue weighted by Crippen LogP contribution is -2.46. The van der Waals surface area contributed by atoms with Crippen LogP contribution in [0.1, 0.15) is 17.3 Å². The van der Waals surface area contributed by atoms with Crippen molar-refractivity contribution >= 4 is 12.2 Å². The Balaban J connectivity index is 1.93. The number of amides is 1. The van der Waals surface area contributed by atoms with Gasteiger partial charge in [-0.2, -0.15) is 0 Å². The molecule has 0 aliphatic carbocycles. The second-order valence-corrected chi connectivity index (χ2v) is 4.38. The highest BCUT2D eigenvalue weighted by Crippen LogP contribution is 2.14. The van der Waals surface area contributed by atoms with Gasteiger partial charge in [-0.25, -0.2) is 0 Å². The monoisotopic (exact) mass is 263 g/mol. The standard InChI is InChI=1S/C14H17NO4/c1-11(14(17)15-6-8-18-9-7-15)19-13-4-2-12(10-16)3-5-13/h2-5,10-11H,6-9H2,1H3. The first-order valence-electron chi connectivity index (χ1n) is 6.29. The van der Waals surface area contributed by atoms with Crippen molar-refractivity contribution in [1.82, 2.24) is 4.90 Å². The average molecular weight is 263 g/mol. The first kappa shape index (κ1) is 13.5. The molecule has 1 atom stereocenters. The van der Waals surface area contributed by atoms with Crippen LogP contribution in [0.2, 0.25) is 0 Å². The molecule has 0 radical (unpaired) electrons. The molecule has 1 heterocycles. The summed E-state index contributed by atoms with van der Waals surface area (Å²) >= 11 is 0. The fraction of sp³-hybridized carbons (Fsp3) is 0.429. The Kier molecular flexibility index (Phi) is 4.52. The summed E-state index contributed by atoms with van der Waals surface area (Å²) in [5.74, 6) is 0.544. The number of benzene rings is 1. The third-order valence-corrected chi connectivity index (χ3v) is 3.00. The van der Waals surface area contributed by atoms with Gasteiger partial charge in [-0.05, 0) is 31.2 Å². The van der Waals surface area contributed by atoms with Crippen LogP contribution >= 0.6 is 0 Å². The molecule has 5 nitrogen and oxygen atoms in total. The molecule has 1 aromatic rings. The maximum Gasteiger partial charge on any atom is 0.263 e. The van der Waals surface area contributed by atoms with E-state index in [1.165, 1.54) is 0 Å². The van der Waals surface area contributed by atoms with E-state index >= 15 is 0 Å². The lowest BCUT2D eigenvalue weighted by atomic mass is 10.2. The molecule has 2 rings (SSSR count). The van der Waals surface area contributed by atoms with Crippen molar-refractivity contribution in [3.63, 3.8) is 0 Å². The van der Waals surface area contributed by atoms with Crippen molar-refractivity contribution in [2.75, 3.05) is 26.3 Å². The molecule has 0 spiro atoms. The molecule has 1 amide bonds. The number of ether oxygens (including phenoxy) is 2. The molecule has 1 saturated heterocycles. The maximum absolute atomic E-state index is 12.1. The summed E-state index contributed by atoms with van der Waals surface area (Å²) in [5, 5.41) is 0. The van der Waals surface area contributed by atoms with Gasteiger partial charge in [0.15, 0.2) is 6.10 Å². The molecular formula is C14H17NO4. The van der Waals surface area contributed by atoms with Crippen LogP contribution in [-0.4, -0.2) is 49.5 Å². The Morgan fingerprint density at radius 3 is 2.53 bits per heavy atom. The fourth-order valence-corrected chi connectivity index (χ4v) is 1.92. The molecule has 1 fully saturated rings. The predicted octanol–water partition coefficient (Wildman–Crippen LogP) is 1.13. The van der Waals surface area contributed by atoms with Crippen LogP contribution in [0.3, 0.4) is 0 Å². The van der Waals surface area contributed by atoms with Crippen LogP contribution in [0.5, 0.6) is 5.75 Å². The number of rotatable bonds is 4. The molecule has 0 N–H and O–H groups in total. The summed E-state index contributed by atoms with van der Waals surface area (Å²) in [6.07, 6.45) is 0.228. The molecule has 5 heteroatoms. The fourth-order valence-electron chi connectivity index (χ4n) is 1.92. The Morgan fingerprint density at radius 2 is 1.95 bits per heavy atom. The van der Waals surface area contributed by atoms with Gasteiger partial charge in [0.2, 0.25) is 0 Å². The van der Waals surface area contributed by atoms with E-state index in [2.05, 4.69) is 0 Å². The van der Waals surface area contributed by atoms with Gasteiger partial charge in [0.05, 0.1) is 13.2 Å². The number of nitrogens with zero attached hydrogens (tertiary/aromatic N) is 1. The molecule has 0 aromatic heterocycles. The smallest absolute Gasteiger partial charge is 0.263 e. The zero-order chi connectivity index (χ0) is 13.7. The predicted molar refractivity (Wildman–Crippen MR) is 69.3 cm³/mol. The lowest BCUT2D eigenvalue weighted by Gasteiger charge is -2.29. The summed E-state index contributed by atoms with van der Waals surface area (Å²) in [7, 11) is 0. The summed E-state index contributed by atoms with van der Waals surface area (Å²) in [5.41, 5.74) is 0.583. The van der Waals surface area contributed by atoms with Gasteiger partial charge in [-0.1, -0.05) is 0 Å². The summed E-state index contributed by atoms with van der Waals surface area (Å²) in [4.78, 5) is 24.4. The van der Waals surface area contributed by atoms with Crippen LogP contribution < -0.4 is 4.74 Å². The minimum atomic E-state index is -0.541. The number of carbonyl (C=O) groups excluding carboxylic acids is 2. The Morgan fingerprint density at radius 1 is 1.32 bits per heavy atom. The van der Waals surface area contributed by atoms with Crippen LogP contribution in [0.15, 0.2) is 24.3 Å². The highest BCUT2D eigenvalue weighted by atomic mass is 16.5. The molecular weight excluding hydrogens is 246 g/mol. The molecule has 1 aromatic carbocycles. The van der Waals surface area contributed by atoms with E-state index in [9.17, 15) is 9.59 Å². The SMILES string of the molecule is CC(Oc1ccc(C=O)cc1)C(=O)N1CCOCC1. The van der Waals surface area contributed by atoms with Crippen molar-refractivity contribution in [2.24, 2.45) is 0 Å². The van der Waals surface area contributed by atoms with Gasteiger partial charge in [0.25, 0.3) is 5.91 Å². The number of hydrogen-bond donors (Lipinski definition) is 0. The molecule has 19 heavy (non-hydrogen) atoms. The van der Waals surface area contributed by atoms with Crippen molar-refractivity contribution < 1.29 is 19.1 Å². The minimum absolute atomic E-state index is 0.0391. The van der Waals surface area contributed by atoms with Crippen LogP contribution in [0.4, 0.5) is 0 Å². The van der Waals surface area contributed by atoms with Crippen molar-refractivity contribution in [1.29, 1.82) is 0 Å². The molecule has 102 valence electrons. The van der Waals surface area contributed by atoms with Gasteiger partial charge >= 0.3 is 0 Å². The number of carbonyl (C=O) groups is 2. The first-order chi connectivity index (χ1) is 9.20. The van der Waals surface area contributed by atoms with Gasteiger partial charge in [-0.3, -0.25) is 9.59 Å². The van der Waals surface area contributed by atoms with Crippen molar-refractivity contribution in [3.8, 4) is 5.75 Å². The van der Waals surface area contributed by atoms with E-state index < -0.39 is 6.10 Å². The molecule has 1 aliphatic rings. The Bertz CT molecular complexity index is 437. The number of hydrogen-bond acceptors (Lipinski definition) is 4. The van der Waals surface area contributed by atoms with Crippen LogP contribution in [-0.2, 0) is 9.53 Å². The second kappa shape index (κ2) is 6.33. The van der Waals surface area contributed by atoms with Gasteiger partial charge in [0.1, 0.15) is 12.0 Å². The van der Waals surface area contributed by atoms with E-state index in [0.29, 0.717) is 37.6 Å². The van der Waals surface area contributed by atoms with Gasteiger partial charge in [0, 0.05) is 18.7 Å². The topological polar surface area (TPSA) is 55.8 Å². The molecule has 0 saturated carbocycles. The maximum atomic E-state index is 12.1. The Labute approximate surface area is 112 Å². The highest BCUT2D eigenvalue weighted by molar-refractivity contribution is 5.81. The number of morpholine rings is 1. The van der Waals surface area contributed by atoms with Crippen molar-refractivity contribution in [2.45, 2.75) is 13.0 Å². The van der Waals surface area contributed by atoms with E-state index in [0.717, 1.165) is 6.29 Å². The largest absolute Gasteiger partial charge is 0.481 e. The summed E-state index contributed by atoms with van der Waals surface area (Å²) in [6.45, 7) is 4.09. The normalized spacial score (nSPS) is 16.8. The lowest BCUT2D eigenvalue weighted by molar-refractivity contribution is -0.142. The van der Waals surface area contributed by atoms with E-state index in [4.69, 9.17) is 9.47 Å².